The molecule has 0 radical (unpaired) electrons. The third kappa shape index (κ3) is 6.64. The number of ether oxygens (including phenoxy) is 1. The van der Waals surface area contributed by atoms with E-state index in [-0.39, 0.29) is 16.2 Å². The Morgan fingerprint density at radius 3 is 1.80 bits per heavy atom. The number of fused-ring (bicyclic) bond motifs is 3. The number of aromatic nitrogens is 2. The van der Waals surface area contributed by atoms with Gasteiger partial charge in [-0.15, -0.1) is 0 Å². The lowest BCUT2D eigenvalue weighted by Crippen LogP contribution is -2.25. The van der Waals surface area contributed by atoms with E-state index in [0.29, 0.717) is 0 Å². The lowest BCUT2D eigenvalue weighted by molar-refractivity contribution is 0.483. The highest BCUT2D eigenvalue weighted by atomic mass is 16.5. The average molecular weight is 711 g/mol. The van der Waals surface area contributed by atoms with E-state index in [2.05, 4.69) is 203 Å². The zero-order chi connectivity index (χ0) is 37.8. The highest BCUT2D eigenvalue weighted by molar-refractivity contribution is 6.09. The first-order valence-electron chi connectivity index (χ1n) is 19.0. The van der Waals surface area contributed by atoms with Gasteiger partial charge in [-0.3, -0.25) is 4.57 Å². The van der Waals surface area contributed by atoms with Crippen LogP contribution in [0.15, 0.2) is 146 Å². The molecule has 0 bridgehead atoms. The molecule has 0 atom stereocenters. The number of benzene rings is 5. The molecule has 3 heterocycles. The fourth-order valence-corrected chi connectivity index (χ4v) is 7.49. The van der Waals surface area contributed by atoms with Crippen molar-refractivity contribution in [3.8, 4) is 17.3 Å². The Morgan fingerprint density at radius 2 is 1.09 bits per heavy atom. The van der Waals surface area contributed by atoms with Gasteiger partial charge in [0.2, 0.25) is 0 Å². The maximum atomic E-state index is 6.65. The van der Waals surface area contributed by atoms with E-state index in [9.17, 15) is 0 Å². The van der Waals surface area contributed by atoms with Gasteiger partial charge in [-0.05, 0) is 87.7 Å². The summed E-state index contributed by atoms with van der Waals surface area (Å²) in [6.45, 7) is 18.8. The van der Waals surface area contributed by atoms with Gasteiger partial charge in [0.1, 0.15) is 17.3 Å². The van der Waals surface area contributed by atoms with Crippen LogP contribution in [0.1, 0.15) is 77.6 Å². The molecule has 0 N–H and O–H groups in total. The van der Waals surface area contributed by atoms with Gasteiger partial charge in [0, 0.05) is 58.3 Å². The molecule has 7 aromatic rings. The summed E-state index contributed by atoms with van der Waals surface area (Å²) in [6.07, 6.45) is 6.23. The molecule has 0 fully saturated rings. The van der Waals surface area contributed by atoms with Crippen molar-refractivity contribution in [1.29, 1.82) is 0 Å². The molecular weight excluding hydrogens is 661 g/mol. The number of rotatable bonds is 7. The second-order valence-electron chi connectivity index (χ2n) is 17.2. The number of anilines is 2. The van der Waals surface area contributed by atoms with Crippen molar-refractivity contribution in [1.82, 2.24) is 9.55 Å². The van der Waals surface area contributed by atoms with Gasteiger partial charge in [-0.25, -0.2) is 4.98 Å². The predicted molar refractivity (Wildman–Crippen MR) is 226 cm³/mol. The van der Waals surface area contributed by atoms with E-state index in [1.54, 1.807) is 0 Å². The van der Waals surface area contributed by atoms with Crippen molar-refractivity contribution in [3.63, 3.8) is 0 Å². The molecule has 0 saturated carbocycles. The SMILES string of the molecule is CC(C)(C)c1cccc(N2C=CN(c3cccc(Oc4ccc5c6ccc(C(C)(C)c7ccccc7)cc6n(-c6cc(C(C)(C)C)ccn6)c5c4)c3)C2)c1. The molecule has 0 aliphatic carbocycles. The van der Waals surface area contributed by atoms with Crippen LogP contribution in [0, 0.1) is 0 Å². The minimum atomic E-state index is -0.186. The van der Waals surface area contributed by atoms with Crippen molar-refractivity contribution in [2.24, 2.45) is 0 Å². The molecule has 0 saturated heterocycles. The fraction of sp³-hybridized carbons (Fsp3) is 0.245. The molecule has 8 rings (SSSR count). The summed E-state index contributed by atoms with van der Waals surface area (Å²) in [5, 5.41) is 2.35. The normalized spacial score (nSPS) is 13.7. The highest BCUT2D eigenvalue weighted by Crippen LogP contribution is 2.40. The molecule has 5 heteroatoms. The average Bonchev–Trinajstić information content (AvgIpc) is 3.78. The third-order valence-corrected chi connectivity index (χ3v) is 11.0. The van der Waals surface area contributed by atoms with Crippen LogP contribution in [0.3, 0.4) is 0 Å². The minimum Gasteiger partial charge on any atom is -0.457 e. The van der Waals surface area contributed by atoms with Crippen LogP contribution in [0.2, 0.25) is 0 Å². The summed E-state index contributed by atoms with van der Waals surface area (Å²) in [6, 6.07) is 45.6. The molecule has 2 aromatic heterocycles. The summed E-state index contributed by atoms with van der Waals surface area (Å²) in [7, 11) is 0. The molecule has 272 valence electrons. The van der Waals surface area contributed by atoms with Crippen LogP contribution in [-0.4, -0.2) is 16.2 Å². The van der Waals surface area contributed by atoms with Crippen LogP contribution >= 0.6 is 0 Å². The molecule has 5 aromatic carbocycles. The second-order valence-corrected chi connectivity index (χ2v) is 17.2. The summed E-state index contributed by atoms with van der Waals surface area (Å²) in [5.74, 6) is 2.46. The van der Waals surface area contributed by atoms with Crippen LogP contribution in [0.4, 0.5) is 11.4 Å². The third-order valence-electron chi connectivity index (χ3n) is 11.0. The maximum absolute atomic E-state index is 6.65. The van der Waals surface area contributed by atoms with Crippen LogP contribution in [0.25, 0.3) is 27.6 Å². The monoisotopic (exact) mass is 710 g/mol. The van der Waals surface area contributed by atoms with Crippen LogP contribution in [0.5, 0.6) is 11.5 Å². The smallest absolute Gasteiger partial charge is 0.137 e. The lowest BCUT2D eigenvalue weighted by atomic mass is 9.78. The van der Waals surface area contributed by atoms with Gasteiger partial charge in [0.05, 0.1) is 17.7 Å². The van der Waals surface area contributed by atoms with E-state index in [1.807, 2.05) is 12.3 Å². The van der Waals surface area contributed by atoms with E-state index in [1.165, 1.54) is 33.3 Å². The largest absolute Gasteiger partial charge is 0.457 e. The Kier molecular flexibility index (Phi) is 8.64. The highest BCUT2D eigenvalue weighted by Gasteiger charge is 2.26. The number of pyridine rings is 1. The summed E-state index contributed by atoms with van der Waals surface area (Å²) in [5.41, 5.74) is 9.44. The van der Waals surface area contributed by atoms with Crippen molar-refractivity contribution in [3.05, 3.63) is 168 Å². The molecule has 5 nitrogen and oxygen atoms in total. The number of hydrogen-bond donors (Lipinski definition) is 0. The zero-order valence-corrected chi connectivity index (χ0v) is 32.8. The van der Waals surface area contributed by atoms with Gasteiger partial charge < -0.3 is 14.5 Å². The van der Waals surface area contributed by atoms with Gasteiger partial charge in [-0.2, -0.15) is 0 Å². The van der Waals surface area contributed by atoms with Gasteiger partial charge >= 0.3 is 0 Å². The van der Waals surface area contributed by atoms with Gasteiger partial charge in [-0.1, -0.05) is 116 Å². The van der Waals surface area contributed by atoms with E-state index >= 15 is 0 Å². The first kappa shape index (κ1) is 35.2. The molecular formula is C49H50N4O. The quantitative estimate of drug-likeness (QED) is 0.165. The molecule has 54 heavy (non-hydrogen) atoms. The standard InChI is InChI=1S/C49H50N4O/c1-47(2,3)35-16-12-17-38(28-35)51-26-27-52(33-51)39-18-13-19-40(31-39)54-41-21-23-43-42-22-20-37(49(7,8)34-14-10-9-11-15-34)29-44(42)53(45(43)32-41)46-30-36(24-25-50-46)48(4,5)6/h9-32H,33H2,1-8H3. The van der Waals surface area contributed by atoms with E-state index in [4.69, 9.17) is 9.72 Å². The molecule has 0 unspecified atom stereocenters. The van der Waals surface area contributed by atoms with Gasteiger partial charge in [0.25, 0.3) is 0 Å². The van der Waals surface area contributed by atoms with Crippen molar-refractivity contribution in [2.75, 3.05) is 16.5 Å². The zero-order valence-electron chi connectivity index (χ0n) is 32.8. The summed E-state index contributed by atoms with van der Waals surface area (Å²) >= 11 is 0. The fourth-order valence-electron chi connectivity index (χ4n) is 7.49. The lowest BCUT2D eigenvalue weighted by Gasteiger charge is -2.26. The van der Waals surface area contributed by atoms with Crippen molar-refractivity contribution >= 4 is 33.2 Å². The van der Waals surface area contributed by atoms with Crippen molar-refractivity contribution < 1.29 is 4.74 Å². The van der Waals surface area contributed by atoms with E-state index in [0.717, 1.165) is 46.1 Å². The van der Waals surface area contributed by atoms with E-state index < -0.39 is 0 Å². The number of hydrogen-bond acceptors (Lipinski definition) is 4. The maximum Gasteiger partial charge on any atom is 0.137 e. The van der Waals surface area contributed by atoms with Crippen molar-refractivity contribution in [2.45, 2.75) is 71.6 Å². The number of nitrogens with zero attached hydrogens (tertiary/aromatic N) is 4. The van der Waals surface area contributed by atoms with Crippen LogP contribution < -0.4 is 14.5 Å². The molecule has 1 aliphatic rings. The second kappa shape index (κ2) is 13.2. The minimum absolute atomic E-state index is 0.0196. The molecule has 0 spiro atoms. The Balaban J connectivity index is 1.15. The first-order valence-corrected chi connectivity index (χ1v) is 19.0. The summed E-state index contributed by atoms with van der Waals surface area (Å²) < 4.78 is 8.97. The molecule has 1 aliphatic heterocycles. The Bertz CT molecular complexity index is 2510. The Labute approximate surface area is 320 Å². The van der Waals surface area contributed by atoms with Crippen LogP contribution in [-0.2, 0) is 16.2 Å². The summed E-state index contributed by atoms with van der Waals surface area (Å²) in [4.78, 5) is 9.50. The Morgan fingerprint density at radius 1 is 0.500 bits per heavy atom. The Hall–Kier alpha value is -5.81. The first-order chi connectivity index (χ1) is 25.8. The predicted octanol–water partition coefficient (Wildman–Crippen LogP) is 12.6. The van der Waals surface area contributed by atoms with Gasteiger partial charge in [0.15, 0.2) is 0 Å². The molecule has 0 amide bonds. The topological polar surface area (TPSA) is 33.5 Å².